The summed E-state index contributed by atoms with van der Waals surface area (Å²) in [4.78, 5) is 13.1. The number of allylic oxidation sites excluding steroid dienone is 1. The zero-order valence-electron chi connectivity index (χ0n) is 28.5. The molecule has 6 nitrogen and oxygen atoms in total. The molecule has 0 amide bonds. The second-order valence-electron chi connectivity index (χ2n) is 12.7. The van der Waals surface area contributed by atoms with Gasteiger partial charge in [-0.05, 0) is 84.1 Å². The Balaban J connectivity index is 2.32. The third kappa shape index (κ3) is 13.1. The number of rotatable bonds is 16. The van der Waals surface area contributed by atoms with E-state index in [-0.39, 0.29) is 53.1 Å². The summed E-state index contributed by atoms with van der Waals surface area (Å²) in [5.41, 5.74) is 1.42. The summed E-state index contributed by atoms with van der Waals surface area (Å²) in [5.74, 6) is -0.215. The lowest BCUT2D eigenvalue weighted by Crippen LogP contribution is -2.63. The highest BCUT2D eigenvalue weighted by Crippen LogP contribution is 3.18. The number of ether oxygens (including phenoxy) is 2. The number of fused-ring (bicyclic) bond motifs is 3. The number of aliphatic hydroxyl groups is 1. The molecule has 50 heavy (non-hydrogen) atoms. The fourth-order valence-electron chi connectivity index (χ4n) is 6.99. The minimum atomic E-state index is -0.893. The van der Waals surface area contributed by atoms with E-state index in [1.165, 1.54) is 11.1 Å². The highest BCUT2D eigenvalue weighted by Gasteiger charge is 2.62. The molecule has 18 unspecified atom stereocenters. The summed E-state index contributed by atoms with van der Waals surface area (Å²) in [6, 6.07) is 0. The van der Waals surface area contributed by atoms with Gasteiger partial charge < -0.3 is 23.6 Å². The van der Waals surface area contributed by atoms with Crippen LogP contribution < -0.4 is 0 Å². The molecular formula is C21H55O6P23. The van der Waals surface area contributed by atoms with Crippen molar-refractivity contribution in [1.82, 2.24) is 0 Å². The molecule has 3 aliphatic rings. The van der Waals surface area contributed by atoms with E-state index < -0.39 is 71.3 Å². The van der Waals surface area contributed by atoms with Crippen LogP contribution in [0.1, 0.15) is 53.4 Å². The van der Waals surface area contributed by atoms with Gasteiger partial charge in [-0.15, -0.1) is 105 Å². The summed E-state index contributed by atoms with van der Waals surface area (Å²) in [7, 11) is 36.4. The van der Waals surface area contributed by atoms with E-state index in [1.54, 1.807) is 0 Å². The quantitative estimate of drug-likeness (QED) is 0.0943. The molecule has 0 spiro atoms. The number of aliphatic hydroxyl groups excluding tert-OH is 1. The molecule has 0 radical (unpaired) electrons. The molecule has 29 heteroatoms. The largest absolute Gasteiger partial charge is 0.508 e. The van der Waals surface area contributed by atoms with Crippen LogP contribution in [0.2, 0.25) is 0 Å². The van der Waals surface area contributed by atoms with Crippen LogP contribution in [0.3, 0.4) is 0 Å². The van der Waals surface area contributed by atoms with Gasteiger partial charge in [-0.1, -0.05) is 43.7 Å². The van der Waals surface area contributed by atoms with E-state index >= 15 is 0 Å². The normalized spacial score (nSPS) is 32.7. The van der Waals surface area contributed by atoms with Crippen molar-refractivity contribution in [1.29, 1.82) is 0 Å². The van der Waals surface area contributed by atoms with Crippen molar-refractivity contribution in [3.8, 4) is 0 Å². The molecular weight excluding hydrogens is 1060 g/mol. The molecule has 3 rings (SSSR count). The van der Waals surface area contributed by atoms with Crippen LogP contribution in [0.5, 0.6) is 0 Å². The lowest BCUT2D eigenvalue weighted by molar-refractivity contribution is -0.210. The maximum absolute atomic E-state index is 13.1. The topological polar surface area (TPSA) is 74.2 Å². The fraction of sp³-hybridized carbons (Fsp3) is 0.762. The van der Waals surface area contributed by atoms with E-state index in [4.69, 9.17) is 18.5 Å². The highest BCUT2D eigenvalue weighted by atomic mass is 33.2. The minimum Gasteiger partial charge on any atom is -0.430 e. The number of carbonyl (C=O) groups excluding carboxylic acids is 1. The van der Waals surface area contributed by atoms with E-state index in [0.717, 1.165) is 7.96 Å². The fourth-order valence-corrected chi connectivity index (χ4v) is 169. The standard InChI is InChI=1S/C21H55O6P23/c1-6-7-8-15-21(5)10-14(27-41(43(29)30)49(40-28)45(33)34)16-11(2)13(26-42(48(39)44(31)32)50(46(35)36)47(37)38)9-12(20(16,3)4)17(22)18(21)25-19(23)24-15/h6,12-15,17-18,22,40H,1,7-10,28-39H2,2-5H3/t12?,13-,14+,15-,17+,18+,21+,41?,42?,48?,49?/m0/s1. The van der Waals surface area contributed by atoms with Gasteiger partial charge >= 0.3 is 6.16 Å². The Morgan fingerprint density at radius 3 is 1.96 bits per heavy atom. The number of cyclic esters (lactones) is 1. The Morgan fingerprint density at radius 1 is 0.900 bits per heavy atom. The van der Waals surface area contributed by atoms with Crippen molar-refractivity contribution in [2.75, 3.05) is 0 Å². The molecule has 2 aliphatic carbocycles. The van der Waals surface area contributed by atoms with Crippen LogP contribution in [0.4, 0.5) is 4.79 Å². The first-order valence-electron chi connectivity index (χ1n) is 15.0. The third-order valence-corrected chi connectivity index (χ3v) is 127. The molecule has 0 aromatic heterocycles. The van der Waals surface area contributed by atoms with Crippen LogP contribution in [0.15, 0.2) is 23.8 Å². The zero-order chi connectivity index (χ0) is 38.0. The molecule has 1 saturated carbocycles. The van der Waals surface area contributed by atoms with Crippen LogP contribution in [0, 0.1) is 16.7 Å². The van der Waals surface area contributed by atoms with Crippen LogP contribution >= 0.6 is 186 Å². The van der Waals surface area contributed by atoms with Gasteiger partial charge in [0.25, 0.3) is 0 Å². The number of hydrogen-bond donors (Lipinski definition) is 1. The van der Waals surface area contributed by atoms with Crippen LogP contribution in [-0.2, 0) is 18.5 Å². The number of hydrogen-bond acceptors (Lipinski definition) is 6. The Bertz CT molecular complexity index is 1190. The smallest absolute Gasteiger partial charge is 0.430 e. The van der Waals surface area contributed by atoms with Gasteiger partial charge in [0.2, 0.25) is 0 Å². The monoisotopic (exact) mass is 1120 g/mol. The Morgan fingerprint density at radius 2 is 1.48 bits per heavy atom. The van der Waals surface area contributed by atoms with E-state index in [0.29, 0.717) is 25.7 Å². The molecule has 24 atom stereocenters. The van der Waals surface area contributed by atoms with Gasteiger partial charge in [-0.3, -0.25) is 0 Å². The summed E-state index contributed by atoms with van der Waals surface area (Å²) in [6.45, 7) is 9.75. The van der Waals surface area contributed by atoms with Gasteiger partial charge in [0.1, 0.15) is 12.2 Å². The molecule has 2 fully saturated rings. The van der Waals surface area contributed by atoms with Crippen LogP contribution in [-0.4, -0.2) is 41.8 Å². The molecule has 2 bridgehead atoms. The Kier molecular flexibility index (Phi) is 25.4. The van der Waals surface area contributed by atoms with Crippen molar-refractivity contribution >= 4 is 192 Å². The first-order chi connectivity index (χ1) is 23.1. The van der Waals surface area contributed by atoms with Crippen molar-refractivity contribution < 1.29 is 28.4 Å². The lowest BCUT2D eigenvalue weighted by Gasteiger charge is -2.58. The van der Waals surface area contributed by atoms with E-state index in [2.05, 4.69) is 141 Å². The average Bonchev–Trinajstić information content (AvgIpc) is 2.99. The summed E-state index contributed by atoms with van der Waals surface area (Å²) >= 11 is 0. The predicted molar refractivity (Wildman–Crippen MR) is 292 cm³/mol. The molecule has 1 aliphatic heterocycles. The van der Waals surface area contributed by atoms with Gasteiger partial charge in [-0.2, -0.15) is 0 Å². The van der Waals surface area contributed by atoms with Gasteiger partial charge in [0.05, 0.1) is 33.4 Å². The van der Waals surface area contributed by atoms with Gasteiger partial charge in [0, 0.05) is 32.3 Å². The van der Waals surface area contributed by atoms with Crippen LogP contribution in [0.25, 0.3) is 0 Å². The minimum absolute atomic E-state index is 0.160. The predicted octanol–water partition coefficient (Wildman–Crippen LogP) is 16.8. The Hall–Kier alpha value is 8.52. The molecule has 1 N–H and O–H groups in total. The summed E-state index contributed by atoms with van der Waals surface area (Å²) in [6.07, 6.45) is 1.28. The molecule has 290 valence electrons. The second-order valence-corrected chi connectivity index (χ2v) is 96.0. The SMILES string of the molecule is C=CCC[C@@H]1OC(=O)O[C@@H]2[C@H](O)C3C[C@H](OP(P(P)P(P)P)P(P(P)P)P(P)P)C(C)=C([C@H](OP(P(P)P)P(PP)P(P)P)C[C@]12C)C3(C)C. The summed E-state index contributed by atoms with van der Waals surface area (Å²) < 4.78 is 27.3. The number of carbonyl (C=O) groups is 1. The van der Waals surface area contributed by atoms with E-state index in [1.807, 2.05) is 6.08 Å². The van der Waals surface area contributed by atoms with Crippen molar-refractivity contribution in [3.63, 3.8) is 0 Å². The maximum atomic E-state index is 13.1. The lowest BCUT2D eigenvalue weighted by atomic mass is 9.54. The molecule has 1 heterocycles. The van der Waals surface area contributed by atoms with Gasteiger partial charge in [0.15, 0.2) is 0 Å². The van der Waals surface area contributed by atoms with Crippen molar-refractivity contribution in [2.45, 2.75) is 83.9 Å². The molecule has 0 aromatic rings. The maximum Gasteiger partial charge on any atom is 0.508 e. The third-order valence-electron chi connectivity index (χ3n) is 9.26. The van der Waals surface area contributed by atoms with Crippen molar-refractivity contribution in [2.24, 2.45) is 16.7 Å². The molecule has 1 saturated heterocycles. The Labute approximate surface area is 342 Å². The average molecular weight is 1120 g/mol. The van der Waals surface area contributed by atoms with E-state index in [9.17, 15) is 9.90 Å². The highest BCUT2D eigenvalue weighted by molar-refractivity contribution is 9.19. The zero-order valence-corrected chi connectivity index (χ0v) is 52.3. The first-order valence-corrected chi connectivity index (χ1v) is 55.4. The second kappa shape index (κ2) is 24.0. The summed E-state index contributed by atoms with van der Waals surface area (Å²) in [5, 5.41) is 12.6. The van der Waals surface area contributed by atoms with Gasteiger partial charge in [-0.25, -0.2) is 4.79 Å². The first kappa shape index (κ1) is 52.9. The molecule has 0 aromatic carbocycles. The van der Waals surface area contributed by atoms with Crippen molar-refractivity contribution in [3.05, 3.63) is 23.8 Å².